The molecule has 4 atom stereocenters. The topological polar surface area (TPSA) is 142 Å². The van der Waals surface area contributed by atoms with Crippen molar-refractivity contribution in [1.82, 2.24) is 9.55 Å². The van der Waals surface area contributed by atoms with Crippen molar-refractivity contribution >= 4 is 0 Å². The van der Waals surface area contributed by atoms with Gasteiger partial charge in [-0.2, -0.15) is 0 Å². The molecule has 0 spiro atoms. The van der Waals surface area contributed by atoms with Gasteiger partial charge in [0.05, 0.1) is 12.7 Å². The highest BCUT2D eigenvalue weighted by Crippen LogP contribution is 2.41. The van der Waals surface area contributed by atoms with Crippen LogP contribution < -0.4 is 11.2 Å². The van der Waals surface area contributed by atoms with Crippen LogP contribution >= 0.6 is 0 Å². The van der Waals surface area contributed by atoms with Gasteiger partial charge in [0.15, 0.2) is 0 Å². The number of rotatable bonds is 8. The molecular formula is C29H27N5O5. The summed E-state index contributed by atoms with van der Waals surface area (Å²) in [6.07, 6.45) is -2.07. The molecule has 2 heterocycles. The van der Waals surface area contributed by atoms with E-state index in [1.54, 1.807) is 0 Å². The van der Waals surface area contributed by atoms with Gasteiger partial charge >= 0.3 is 5.69 Å². The van der Waals surface area contributed by atoms with Gasteiger partial charge in [0, 0.05) is 16.7 Å². The first-order valence-corrected chi connectivity index (χ1v) is 12.5. The van der Waals surface area contributed by atoms with E-state index in [1.165, 1.54) is 13.1 Å². The van der Waals surface area contributed by atoms with Crippen molar-refractivity contribution in [2.24, 2.45) is 5.11 Å². The number of aliphatic hydroxyl groups is 1. The van der Waals surface area contributed by atoms with Crippen molar-refractivity contribution in [3.63, 3.8) is 0 Å². The molecule has 1 aliphatic rings. The number of hydrogen-bond donors (Lipinski definition) is 2. The van der Waals surface area contributed by atoms with Crippen LogP contribution in [0.15, 0.2) is 112 Å². The number of aliphatic hydroxyl groups excluding tert-OH is 1. The molecule has 1 fully saturated rings. The van der Waals surface area contributed by atoms with Crippen LogP contribution in [0.3, 0.4) is 0 Å². The van der Waals surface area contributed by atoms with Gasteiger partial charge in [0.1, 0.15) is 24.0 Å². The van der Waals surface area contributed by atoms with Crippen LogP contribution in [0.5, 0.6) is 0 Å². The molecule has 10 nitrogen and oxygen atoms in total. The van der Waals surface area contributed by atoms with Crippen molar-refractivity contribution in [3.8, 4) is 0 Å². The lowest BCUT2D eigenvalue weighted by molar-refractivity contribution is -0.0945. The number of azide groups is 1. The Morgan fingerprint density at radius 1 is 0.974 bits per heavy atom. The fraction of sp³-hybridized carbons (Fsp3) is 0.241. The van der Waals surface area contributed by atoms with Crippen LogP contribution in [0.4, 0.5) is 0 Å². The maximum absolute atomic E-state index is 12.6. The van der Waals surface area contributed by atoms with E-state index in [1.807, 2.05) is 91.0 Å². The van der Waals surface area contributed by atoms with E-state index in [4.69, 9.17) is 9.47 Å². The molecule has 0 amide bonds. The first kappa shape index (κ1) is 26.1. The second kappa shape index (κ2) is 11.1. The third kappa shape index (κ3) is 4.89. The van der Waals surface area contributed by atoms with Crippen LogP contribution in [-0.2, 0) is 15.1 Å². The molecule has 3 aromatic carbocycles. The average molecular weight is 526 g/mol. The van der Waals surface area contributed by atoms with Gasteiger partial charge in [-0.05, 0) is 29.1 Å². The summed E-state index contributed by atoms with van der Waals surface area (Å²) in [5, 5.41) is 14.9. The molecule has 0 unspecified atom stereocenters. The first-order chi connectivity index (χ1) is 19.0. The van der Waals surface area contributed by atoms with Crippen molar-refractivity contribution in [2.75, 3.05) is 6.61 Å². The van der Waals surface area contributed by atoms with Crippen LogP contribution in [0, 0.1) is 6.92 Å². The van der Waals surface area contributed by atoms with Crippen molar-refractivity contribution in [1.29, 1.82) is 0 Å². The number of benzene rings is 3. The molecular weight excluding hydrogens is 498 g/mol. The fourth-order valence-electron chi connectivity index (χ4n) is 5.03. The molecule has 0 radical (unpaired) electrons. The smallest absolute Gasteiger partial charge is 0.330 e. The Morgan fingerprint density at radius 3 is 1.97 bits per heavy atom. The molecule has 198 valence electrons. The van der Waals surface area contributed by atoms with Gasteiger partial charge in [-0.1, -0.05) is 96.1 Å². The standard InChI is InChI=1S/C29H27N5O5/c1-19-17-34(28(37)31-26(19)36)27-24(32-33-30)25(35)23(39-27)18-38-29(20-11-5-2-6-12-20,21-13-7-3-8-14-21)22-15-9-4-10-16-22/h2-17,23-25,27,35H,18H2,1H3,(H,31,36,37)/t23-,24-,25+,27-/m1/s1. The van der Waals surface area contributed by atoms with E-state index in [0.717, 1.165) is 21.3 Å². The van der Waals surface area contributed by atoms with Crippen LogP contribution in [0.2, 0.25) is 0 Å². The molecule has 1 aromatic heterocycles. The lowest BCUT2D eigenvalue weighted by Gasteiger charge is -2.37. The highest BCUT2D eigenvalue weighted by molar-refractivity contribution is 5.47. The molecule has 0 saturated carbocycles. The number of nitrogens with zero attached hydrogens (tertiary/aromatic N) is 4. The molecule has 4 aromatic rings. The summed E-state index contributed by atoms with van der Waals surface area (Å²) in [5.74, 6) is 0. The second-order valence-electron chi connectivity index (χ2n) is 9.32. The van der Waals surface area contributed by atoms with E-state index in [0.29, 0.717) is 0 Å². The molecule has 1 aliphatic heterocycles. The van der Waals surface area contributed by atoms with Gasteiger partial charge < -0.3 is 14.6 Å². The molecule has 0 bridgehead atoms. The normalized spacial score (nSPS) is 20.9. The number of H-pyrrole nitrogens is 1. The highest BCUT2D eigenvalue weighted by atomic mass is 16.6. The minimum absolute atomic E-state index is 0.106. The third-order valence-electron chi connectivity index (χ3n) is 6.95. The number of aryl methyl sites for hydroxylation is 1. The maximum atomic E-state index is 12.6. The van der Waals surface area contributed by atoms with E-state index in [-0.39, 0.29) is 12.2 Å². The van der Waals surface area contributed by atoms with Gasteiger partial charge in [-0.3, -0.25) is 14.3 Å². The Bertz CT molecular complexity index is 1490. The maximum Gasteiger partial charge on any atom is 0.330 e. The zero-order valence-corrected chi connectivity index (χ0v) is 21.1. The monoisotopic (exact) mass is 525 g/mol. The highest BCUT2D eigenvalue weighted by Gasteiger charge is 2.47. The molecule has 2 N–H and O–H groups in total. The lowest BCUT2D eigenvalue weighted by atomic mass is 9.80. The zero-order valence-electron chi connectivity index (χ0n) is 21.1. The van der Waals surface area contributed by atoms with Crippen molar-refractivity contribution < 1.29 is 14.6 Å². The Labute approximate surface area is 223 Å². The average Bonchev–Trinajstić information content (AvgIpc) is 3.27. The summed E-state index contributed by atoms with van der Waals surface area (Å²) in [4.78, 5) is 29.6. The number of ether oxygens (including phenoxy) is 2. The van der Waals surface area contributed by atoms with E-state index in [2.05, 4.69) is 15.0 Å². The Kier molecular flexibility index (Phi) is 7.44. The molecule has 39 heavy (non-hydrogen) atoms. The summed E-state index contributed by atoms with van der Waals surface area (Å²) < 4.78 is 14.0. The zero-order chi connectivity index (χ0) is 27.4. The fourth-order valence-corrected chi connectivity index (χ4v) is 5.03. The number of aromatic amines is 1. The van der Waals surface area contributed by atoms with Crippen LogP contribution in [-0.4, -0.2) is 39.5 Å². The minimum atomic E-state index is -1.29. The minimum Gasteiger partial charge on any atom is -0.390 e. The predicted octanol–water partition coefficient (Wildman–Crippen LogP) is 3.79. The molecule has 0 aliphatic carbocycles. The summed E-state index contributed by atoms with van der Waals surface area (Å²) in [6, 6.07) is 28.0. The molecule has 1 saturated heterocycles. The van der Waals surface area contributed by atoms with Crippen LogP contribution in [0.25, 0.3) is 10.4 Å². The van der Waals surface area contributed by atoms with Gasteiger partial charge in [-0.15, -0.1) is 0 Å². The van der Waals surface area contributed by atoms with Gasteiger partial charge in [-0.25, -0.2) is 4.79 Å². The SMILES string of the molecule is Cc1cn([C@@H]2O[C@H](COC(c3ccccc3)(c3ccccc3)c3ccccc3)[C@H](O)[C@H]2N=[N+]=[N-])c(=O)[nH]c1=O. The summed E-state index contributed by atoms with van der Waals surface area (Å²) in [6.45, 7) is 1.43. The Morgan fingerprint density at radius 2 is 1.49 bits per heavy atom. The Hall–Kier alpha value is -4.47. The largest absolute Gasteiger partial charge is 0.390 e. The second-order valence-corrected chi connectivity index (χ2v) is 9.32. The van der Waals surface area contributed by atoms with Crippen molar-refractivity contribution in [2.45, 2.75) is 37.0 Å². The van der Waals surface area contributed by atoms with E-state index in [9.17, 15) is 20.2 Å². The summed E-state index contributed by atoms with van der Waals surface area (Å²) in [7, 11) is 0. The van der Waals surface area contributed by atoms with Gasteiger partial charge in [0.2, 0.25) is 0 Å². The van der Waals surface area contributed by atoms with E-state index >= 15 is 0 Å². The summed E-state index contributed by atoms with van der Waals surface area (Å²) >= 11 is 0. The molecule has 5 rings (SSSR count). The number of aromatic nitrogens is 2. The quantitative estimate of drug-likeness (QED) is 0.156. The molecule has 10 heteroatoms. The van der Waals surface area contributed by atoms with Crippen molar-refractivity contribution in [3.05, 3.63) is 151 Å². The first-order valence-electron chi connectivity index (χ1n) is 12.5. The lowest BCUT2D eigenvalue weighted by Crippen LogP contribution is -2.39. The number of hydrogen-bond acceptors (Lipinski definition) is 6. The van der Waals surface area contributed by atoms with Crippen LogP contribution in [0.1, 0.15) is 28.5 Å². The van der Waals surface area contributed by atoms with E-state index < -0.39 is 41.3 Å². The number of nitrogens with one attached hydrogen (secondary N) is 1. The predicted molar refractivity (Wildman–Crippen MR) is 144 cm³/mol. The van der Waals surface area contributed by atoms with Gasteiger partial charge in [0.25, 0.3) is 5.56 Å². The summed E-state index contributed by atoms with van der Waals surface area (Å²) in [5.41, 5.74) is 9.71. The third-order valence-corrected chi connectivity index (χ3v) is 6.95. The Balaban J connectivity index is 1.56.